The fourth-order valence-electron chi connectivity index (χ4n) is 3.34. The van der Waals surface area contributed by atoms with Crippen LogP contribution >= 0.6 is 11.8 Å². The standard InChI is InChI=1S/C13H24S/c1-11(2)12-5-3-6-13(9-12)7-4-8-14-10-13/h11-12H,3-10H2,1-2H3. The molecular formula is C13H24S. The molecule has 0 aromatic heterocycles. The van der Waals surface area contributed by atoms with Gasteiger partial charge in [0.05, 0.1) is 0 Å². The van der Waals surface area contributed by atoms with Crippen molar-refractivity contribution in [3.05, 3.63) is 0 Å². The van der Waals surface area contributed by atoms with Gasteiger partial charge in [-0.1, -0.05) is 26.7 Å². The second-order valence-electron chi connectivity index (χ2n) is 5.76. The summed E-state index contributed by atoms with van der Waals surface area (Å²) in [6, 6.07) is 0. The zero-order valence-corrected chi connectivity index (χ0v) is 10.5. The number of hydrogen-bond donors (Lipinski definition) is 0. The molecule has 2 rings (SSSR count). The first-order valence-corrected chi connectivity index (χ1v) is 7.45. The Morgan fingerprint density at radius 2 is 2.00 bits per heavy atom. The highest BCUT2D eigenvalue weighted by Gasteiger charge is 2.38. The molecule has 1 aliphatic carbocycles. The van der Waals surface area contributed by atoms with Crippen molar-refractivity contribution < 1.29 is 0 Å². The molecule has 0 aromatic carbocycles. The molecule has 1 spiro atoms. The average molecular weight is 212 g/mol. The largest absolute Gasteiger partial charge is 0.161 e. The fourth-order valence-corrected chi connectivity index (χ4v) is 4.67. The zero-order chi connectivity index (χ0) is 10.0. The average Bonchev–Trinajstić information content (AvgIpc) is 2.19. The molecule has 1 aliphatic heterocycles. The summed E-state index contributed by atoms with van der Waals surface area (Å²) in [5.41, 5.74) is 0.774. The lowest BCUT2D eigenvalue weighted by Crippen LogP contribution is -2.35. The minimum absolute atomic E-state index is 0.774. The lowest BCUT2D eigenvalue weighted by atomic mass is 9.66. The van der Waals surface area contributed by atoms with Crippen LogP contribution in [0.3, 0.4) is 0 Å². The van der Waals surface area contributed by atoms with Crippen LogP contribution in [0.25, 0.3) is 0 Å². The summed E-state index contributed by atoms with van der Waals surface area (Å²) in [5, 5.41) is 0. The summed E-state index contributed by atoms with van der Waals surface area (Å²) in [7, 11) is 0. The van der Waals surface area contributed by atoms with E-state index >= 15 is 0 Å². The van der Waals surface area contributed by atoms with Gasteiger partial charge in [-0.2, -0.15) is 11.8 Å². The van der Waals surface area contributed by atoms with Crippen molar-refractivity contribution in [2.45, 2.75) is 52.4 Å². The molecule has 1 saturated carbocycles. The van der Waals surface area contributed by atoms with Gasteiger partial charge in [-0.25, -0.2) is 0 Å². The number of rotatable bonds is 1. The third kappa shape index (κ3) is 2.29. The van der Waals surface area contributed by atoms with Crippen LogP contribution in [0.2, 0.25) is 0 Å². The molecule has 2 aliphatic rings. The number of hydrogen-bond acceptors (Lipinski definition) is 1. The van der Waals surface area contributed by atoms with Gasteiger partial charge in [-0.15, -0.1) is 0 Å². The Hall–Kier alpha value is 0.350. The predicted octanol–water partition coefficient (Wildman–Crippen LogP) is 4.35. The summed E-state index contributed by atoms with van der Waals surface area (Å²) in [5.74, 6) is 4.84. The van der Waals surface area contributed by atoms with Gasteiger partial charge in [-0.05, 0) is 54.4 Å². The van der Waals surface area contributed by atoms with E-state index in [4.69, 9.17) is 0 Å². The summed E-state index contributed by atoms with van der Waals surface area (Å²) in [4.78, 5) is 0. The summed E-state index contributed by atoms with van der Waals surface area (Å²) in [6.07, 6.45) is 9.09. The van der Waals surface area contributed by atoms with Crippen LogP contribution < -0.4 is 0 Å². The predicted molar refractivity (Wildman–Crippen MR) is 65.8 cm³/mol. The van der Waals surface area contributed by atoms with Crippen LogP contribution in [0, 0.1) is 17.3 Å². The SMILES string of the molecule is CC(C)C1CCCC2(CCCSC2)C1. The third-order valence-corrected chi connectivity index (χ3v) is 5.72. The van der Waals surface area contributed by atoms with Crippen LogP contribution in [0.15, 0.2) is 0 Å². The van der Waals surface area contributed by atoms with Gasteiger partial charge in [0, 0.05) is 0 Å². The van der Waals surface area contributed by atoms with E-state index < -0.39 is 0 Å². The quantitative estimate of drug-likeness (QED) is 0.623. The van der Waals surface area contributed by atoms with Crippen molar-refractivity contribution >= 4 is 11.8 Å². The Balaban J connectivity index is 1.97. The molecule has 2 atom stereocenters. The van der Waals surface area contributed by atoms with Gasteiger partial charge in [0.2, 0.25) is 0 Å². The molecule has 2 fully saturated rings. The highest BCUT2D eigenvalue weighted by molar-refractivity contribution is 7.99. The Morgan fingerprint density at radius 3 is 2.64 bits per heavy atom. The summed E-state index contributed by atoms with van der Waals surface area (Å²) < 4.78 is 0. The van der Waals surface area contributed by atoms with E-state index in [0.717, 1.165) is 17.3 Å². The lowest BCUT2D eigenvalue weighted by Gasteiger charge is -2.44. The summed E-state index contributed by atoms with van der Waals surface area (Å²) >= 11 is 2.21. The Morgan fingerprint density at radius 1 is 1.21 bits per heavy atom. The topological polar surface area (TPSA) is 0 Å². The molecular weight excluding hydrogens is 188 g/mol. The minimum atomic E-state index is 0.774. The van der Waals surface area contributed by atoms with Crippen molar-refractivity contribution in [3.63, 3.8) is 0 Å². The van der Waals surface area contributed by atoms with Gasteiger partial charge in [0.25, 0.3) is 0 Å². The smallest absolute Gasteiger partial charge is 0.00107 e. The van der Waals surface area contributed by atoms with Gasteiger partial charge in [0.15, 0.2) is 0 Å². The Labute approximate surface area is 93.2 Å². The lowest BCUT2D eigenvalue weighted by molar-refractivity contribution is 0.120. The van der Waals surface area contributed by atoms with Gasteiger partial charge < -0.3 is 0 Å². The van der Waals surface area contributed by atoms with Crippen LogP contribution in [-0.2, 0) is 0 Å². The van der Waals surface area contributed by atoms with Gasteiger partial charge in [-0.3, -0.25) is 0 Å². The summed E-state index contributed by atoms with van der Waals surface area (Å²) in [6.45, 7) is 4.83. The molecule has 2 unspecified atom stereocenters. The Bertz CT molecular complexity index is 174. The maximum atomic E-state index is 2.42. The first-order chi connectivity index (χ1) is 6.72. The Kier molecular flexibility index (Phi) is 3.46. The molecule has 1 saturated heterocycles. The van der Waals surface area contributed by atoms with E-state index in [1.165, 1.54) is 50.0 Å². The van der Waals surface area contributed by atoms with Gasteiger partial charge in [0.1, 0.15) is 0 Å². The van der Waals surface area contributed by atoms with Crippen LogP contribution in [-0.4, -0.2) is 11.5 Å². The second kappa shape index (κ2) is 4.47. The monoisotopic (exact) mass is 212 g/mol. The van der Waals surface area contributed by atoms with Crippen LogP contribution in [0.4, 0.5) is 0 Å². The first-order valence-electron chi connectivity index (χ1n) is 6.30. The molecule has 14 heavy (non-hydrogen) atoms. The molecule has 0 N–H and O–H groups in total. The van der Waals surface area contributed by atoms with Crippen molar-refractivity contribution in [2.75, 3.05) is 11.5 Å². The van der Waals surface area contributed by atoms with E-state index in [1.807, 2.05) is 0 Å². The molecule has 1 heterocycles. The van der Waals surface area contributed by atoms with E-state index in [-0.39, 0.29) is 0 Å². The molecule has 1 heteroatoms. The first kappa shape index (κ1) is 10.9. The normalized spacial score (nSPS) is 39.2. The molecule has 0 amide bonds. The maximum Gasteiger partial charge on any atom is -0.00107 e. The molecule has 0 radical (unpaired) electrons. The molecule has 0 nitrogen and oxygen atoms in total. The minimum Gasteiger partial charge on any atom is -0.161 e. The maximum absolute atomic E-state index is 2.42. The molecule has 82 valence electrons. The van der Waals surface area contributed by atoms with Crippen molar-refractivity contribution in [2.24, 2.45) is 17.3 Å². The van der Waals surface area contributed by atoms with E-state index in [0.29, 0.717) is 0 Å². The van der Waals surface area contributed by atoms with Crippen molar-refractivity contribution in [1.82, 2.24) is 0 Å². The number of thioether (sulfide) groups is 1. The zero-order valence-electron chi connectivity index (χ0n) is 9.72. The molecule has 0 aromatic rings. The van der Waals surface area contributed by atoms with Crippen LogP contribution in [0.1, 0.15) is 52.4 Å². The highest BCUT2D eigenvalue weighted by atomic mass is 32.2. The van der Waals surface area contributed by atoms with Crippen LogP contribution in [0.5, 0.6) is 0 Å². The van der Waals surface area contributed by atoms with Crippen molar-refractivity contribution in [1.29, 1.82) is 0 Å². The molecule has 0 bridgehead atoms. The van der Waals surface area contributed by atoms with E-state index in [9.17, 15) is 0 Å². The van der Waals surface area contributed by atoms with Gasteiger partial charge >= 0.3 is 0 Å². The second-order valence-corrected chi connectivity index (χ2v) is 6.86. The third-order valence-electron chi connectivity index (χ3n) is 4.32. The van der Waals surface area contributed by atoms with E-state index in [2.05, 4.69) is 25.6 Å². The fraction of sp³-hybridized carbons (Fsp3) is 1.00. The van der Waals surface area contributed by atoms with Crippen molar-refractivity contribution in [3.8, 4) is 0 Å². The van der Waals surface area contributed by atoms with E-state index in [1.54, 1.807) is 0 Å². The highest BCUT2D eigenvalue weighted by Crippen LogP contribution is 2.49.